The number of hydrogen-bond donors (Lipinski definition) is 2. The van der Waals surface area contributed by atoms with Crippen molar-refractivity contribution >= 4 is 16.3 Å². The van der Waals surface area contributed by atoms with Crippen LogP contribution in [-0.4, -0.2) is 33.6 Å². The smallest absolute Gasteiger partial charge is 0.366 e. The van der Waals surface area contributed by atoms with Gasteiger partial charge in [0.1, 0.15) is 0 Å². The topological polar surface area (TPSA) is 122 Å². The van der Waals surface area contributed by atoms with Crippen LogP contribution in [0.3, 0.4) is 0 Å². The van der Waals surface area contributed by atoms with Gasteiger partial charge in [0.15, 0.2) is 0 Å². The minimum Gasteiger partial charge on any atom is -0.366 e. The zero-order valence-electron chi connectivity index (χ0n) is 9.60. The summed E-state index contributed by atoms with van der Waals surface area (Å²) in [7, 11) is -2.84. The molecule has 4 N–H and O–H groups in total. The Balaban J connectivity index is 0. The number of amides is 1. The number of carbonyl (C=O) groups is 1. The molecule has 0 fully saturated rings. The molecular weight excluding hydrogens is 236 g/mol. The summed E-state index contributed by atoms with van der Waals surface area (Å²) in [6.45, 7) is 6.31. The van der Waals surface area contributed by atoms with E-state index < -0.39 is 21.9 Å². The fourth-order valence-corrected chi connectivity index (χ4v) is 1.03. The summed E-state index contributed by atoms with van der Waals surface area (Å²) < 4.78 is 30.0. The molecule has 0 heterocycles. The molecule has 0 aliphatic rings. The molecule has 0 radical (unpaired) electrons. The predicted octanol–water partition coefficient (Wildman–Crippen LogP) is -0.711. The van der Waals surface area contributed by atoms with Crippen molar-refractivity contribution in [2.45, 2.75) is 19.4 Å². The molecule has 0 aromatic rings. The van der Waals surface area contributed by atoms with Crippen molar-refractivity contribution in [3.05, 3.63) is 12.7 Å². The van der Waals surface area contributed by atoms with E-state index in [1.807, 2.05) is 0 Å². The van der Waals surface area contributed by atoms with Crippen LogP contribution < -0.4 is 11.5 Å². The van der Waals surface area contributed by atoms with Gasteiger partial charge in [-0.2, -0.15) is 8.42 Å². The number of nitrogens with two attached hydrogens (primary N) is 2. The van der Waals surface area contributed by atoms with Crippen LogP contribution in [0.4, 0.5) is 0 Å². The molecular formula is C8H18N2O5S. The first kappa shape index (κ1) is 17.4. The summed E-state index contributed by atoms with van der Waals surface area (Å²) in [5.74, 6) is -0.481. The summed E-state index contributed by atoms with van der Waals surface area (Å²) in [5.41, 5.74) is 8.85. The second kappa shape index (κ2) is 7.34. The van der Waals surface area contributed by atoms with Crippen molar-refractivity contribution in [1.82, 2.24) is 0 Å². The Hall–Kier alpha value is -0.960. The minimum atomic E-state index is -3.87. The number of hydrogen-bond acceptors (Lipinski definition) is 6. The number of primary amides is 1. The molecule has 96 valence electrons. The average molecular weight is 254 g/mol. The maximum atomic E-state index is 10.7. The Morgan fingerprint density at radius 3 is 2.06 bits per heavy atom. The second-order valence-corrected chi connectivity index (χ2v) is 4.55. The van der Waals surface area contributed by atoms with Crippen molar-refractivity contribution in [1.29, 1.82) is 0 Å². The van der Waals surface area contributed by atoms with Crippen LogP contribution in [0, 0.1) is 0 Å². The number of rotatable bonds is 5. The van der Waals surface area contributed by atoms with Crippen molar-refractivity contribution in [2.24, 2.45) is 11.5 Å². The lowest BCUT2D eigenvalue weighted by molar-refractivity contribution is -0.113. The van der Waals surface area contributed by atoms with Crippen LogP contribution >= 0.6 is 0 Å². The zero-order valence-corrected chi connectivity index (χ0v) is 10.4. The summed E-state index contributed by atoms with van der Waals surface area (Å²) in [4.78, 5) is 9.47. The molecule has 0 unspecified atom stereocenters. The van der Waals surface area contributed by atoms with Gasteiger partial charge in [-0.25, -0.2) is 4.18 Å². The third-order valence-corrected chi connectivity index (χ3v) is 2.29. The van der Waals surface area contributed by atoms with E-state index >= 15 is 0 Å². The van der Waals surface area contributed by atoms with E-state index in [0.29, 0.717) is 0 Å². The van der Waals surface area contributed by atoms with Crippen LogP contribution in [0.1, 0.15) is 13.8 Å². The van der Waals surface area contributed by atoms with Crippen LogP contribution in [0.5, 0.6) is 0 Å². The molecule has 0 aliphatic carbocycles. The molecule has 0 bridgehead atoms. The lowest BCUT2D eigenvalue weighted by Gasteiger charge is -2.20. The van der Waals surface area contributed by atoms with E-state index in [1.54, 1.807) is 13.8 Å². The van der Waals surface area contributed by atoms with E-state index in [-0.39, 0.29) is 6.54 Å². The molecule has 0 aromatic heterocycles. The monoisotopic (exact) mass is 254 g/mol. The van der Waals surface area contributed by atoms with Gasteiger partial charge in [-0.3, -0.25) is 8.98 Å². The van der Waals surface area contributed by atoms with Gasteiger partial charge in [0, 0.05) is 6.54 Å². The lowest BCUT2D eigenvalue weighted by atomic mass is 10.1. The Bertz CT molecular complexity index is 323. The SMILES string of the molecule is C=CC(N)=O.COS(=O)(=O)OC(C)(C)CN. The van der Waals surface area contributed by atoms with Crippen LogP contribution in [-0.2, 0) is 23.6 Å². The van der Waals surface area contributed by atoms with E-state index in [1.165, 1.54) is 0 Å². The molecule has 16 heavy (non-hydrogen) atoms. The van der Waals surface area contributed by atoms with Gasteiger partial charge in [0.05, 0.1) is 12.7 Å². The van der Waals surface area contributed by atoms with Gasteiger partial charge in [-0.1, -0.05) is 6.58 Å². The highest BCUT2D eigenvalue weighted by Gasteiger charge is 2.24. The quantitative estimate of drug-likeness (QED) is 0.625. The summed E-state index contributed by atoms with van der Waals surface area (Å²) in [6, 6.07) is 0. The number of carbonyl (C=O) groups excluding carboxylic acids is 1. The van der Waals surface area contributed by atoms with Gasteiger partial charge in [0.2, 0.25) is 5.91 Å². The second-order valence-electron chi connectivity index (χ2n) is 3.23. The first-order valence-corrected chi connectivity index (χ1v) is 5.56. The summed E-state index contributed by atoms with van der Waals surface area (Å²) >= 11 is 0. The van der Waals surface area contributed by atoms with Gasteiger partial charge in [-0.05, 0) is 19.9 Å². The minimum absolute atomic E-state index is 0.107. The van der Waals surface area contributed by atoms with Crippen molar-refractivity contribution in [2.75, 3.05) is 13.7 Å². The van der Waals surface area contributed by atoms with Gasteiger partial charge < -0.3 is 11.5 Å². The van der Waals surface area contributed by atoms with E-state index in [9.17, 15) is 13.2 Å². The van der Waals surface area contributed by atoms with E-state index in [4.69, 9.17) is 5.73 Å². The molecule has 8 heteroatoms. The molecule has 0 atom stereocenters. The zero-order chi connectivity index (χ0) is 13.4. The molecule has 0 saturated heterocycles. The third kappa shape index (κ3) is 11.1. The Morgan fingerprint density at radius 1 is 1.50 bits per heavy atom. The Morgan fingerprint density at radius 2 is 1.88 bits per heavy atom. The van der Waals surface area contributed by atoms with Crippen LogP contribution in [0.2, 0.25) is 0 Å². The fraction of sp³-hybridized carbons (Fsp3) is 0.625. The maximum absolute atomic E-state index is 10.7. The third-order valence-electron chi connectivity index (χ3n) is 1.22. The Kier molecular flexibility index (Phi) is 7.99. The molecule has 7 nitrogen and oxygen atoms in total. The maximum Gasteiger partial charge on any atom is 0.400 e. The van der Waals surface area contributed by atoms with E-state index in [2.05, 4.69) is 20.7 Å². The lowest BCUT2D eigenvalue weighted by Crippen LogP contribution is -2.36. The molecule has 1 amide bonds. The normalized spacial score (nSPS) is 11.2. The van der Waals surface area contributed by atoms with E-state index in [0.717, 1.165) is 13.2 Å². The van der Waals surface area contributed by atoms with Crippen molar-refractivity contribution < 1.29 is 21.6 Å². The van der Waals surface area contributed by atoms with Gasteiger partial charge in [-0.15, -0.1) is 0 Å². The molecule has 0 aromatic carbocycles. The van der Waals surface area contributed by atoms with Gasteiger partial charge in [0.25, 0.3) is 0 Å². The molecule has 0 saturated carbocycles. The highest BCUT2D eigenvalue weighted by atomic mass is 32.3. The highest BCUT2D eigenvalue weighted by Crippen LogP contribution is 2.11. The molecule has 0 spiro atoms. The predicted molar refractivity (Wildman–Crippen MR) is 59.5 cm³/mol. The van der Waals surface area contributed by atoms with Crippen LogP contribution in [0.25, 0.3) is 0 Å². The largest absolute Gasteiger partial charge is 0.400 e. The van der Waals surface area contributed by atoms with Crippen LogP contribution in [0.15, 0.2) is 12.7 Å². The van der Waals surface area contributed by atoms with Crippen molar-refractivity contribution in [3.63, 3.8) is 0 Å². The highest BCUT2D eigenvalue weighted by molar-refractivity contribution is 7.81. The molecule has 0 aliphatic heterocycles. The average Bonchev–Trinajstić information content (AvgIpc) is 2.17. The first-order valence-electron chi connectivity index (χ1n) is 4.23. The summed E-state index contributed by atoms with van der Waals surface area (Å²) in [5, 5.41) is 0. The summed E-state index contributed by atoms with van der Waals surface area (Å²) in [6.07, 6.45) is 1.06. The standard InChI is InChI=1S/C5H13NO4S.C3H5NO/c1-5(2,4-6)10-11(7,8)9-3;1-2-3(4)5/h4,6H2,1-3H3;2H,1H2,(H2,4,5). The molecule has 0 rings (SSSR count). The van der Waals surface area contributed by atoms with Gasteiger partial charge >= 0.3 is 10.4 Å². The first-order chi connectivity index (χ1) is 7.10. The Labute approximate surface area is 95.7 Å². The van der Waals surface area contributed by atoms with Crippen molar-refractivity contribution in [3.8, 4) is 0 Å². The fourth-order valence-electron chi connectivity index (χ4n) is 0.344.